The molecule has 0 aliphatic rings. The number of halogens is 1. The quantitative estimate of drug-likeness (QED) is 0.594. The molecule has 0 aliphatic heterocycles. The lowest BCUT2D eigenvalue weighted by Crippen LogP contribution is -2.05. The standard InChI is InChI=1S/C8H12FN/c1-5-8(10-4)6(2)7(3)9/h5,10H,1,3H2,2,4H3/b8-6+. The highest BCUT2D eigenvalue weighted by Gasteiger charge is 1.98. The number of likely N-dealkylation sites (N-methyl/N-ethyl adjacent to an activating group) is 1. The monoisotopic (exact) mass is 141 g/mol. The Morgan fingerprint density at radius 2 is 2.10 bits per heavy atom. The topological polar surface area (TPSA) is 12.0 Å². The van der Waals surface area contributed by atoms with Gasteiger partial charge in [0, 0.05) is 18.3 Å². The molecule has 0 saturated heterocycles. The van der Waals surface area contributed by atoms with Crippen molar-refractivity contribution < 1.29 is 4.39 Å². The van der Waals surface area contributed by atoms with Crippen LogP contribution in [0.25, 0.3) is 0 Å². The summed E-state index contributed by atoms with van der Waals surface area (Å²) in [5, 5.41) is 2.79. The van der Waals surface area contributed by atoms with Crippen LogP contribution in [0.2, 0.25) is 0 Å². The van der Waals surface area contributed by atoms with Crippen LogP contribution in [0.3, 0.4) is 0 Å². The molecule has 56 valence electrons. The predicted molar refractivity (Wildman–Crippen MR) is 42.2 cm³/mol. The van der Waals surface area contributed by atoms with Crippen molar-refractivity contribution in [2.75, 3.05) is 7.05 Å². The molecule has 0 aromatic heterocycles. The maximum absolute atomic E-state index is 12.4. The number of allylic oxidation sites excluding steroid dienone is 3. The summed E-state index contributed by atoms with van der Waals surface area (Å²) in [6.45, 7) is 8.32. The van der Waals surface area contributed by atoms with Crippen LogP contribution in [-0.4, -0.2) is 7.05 Å². The Morgan fingerprint density at radius 3 is 2.20 bits per heavy atom. The molecule has 0 amide bonds. The fourth-order valence-corrected chi connectivity index (χ4v) is 0.589. The third-order valence-electron chi connectivity index (χ3n) is 1.28. The van der Waals surface area contributed by atoms with Crippen molar-refractivity contribution in [1.82, 2.24) is 5.32 Å². The van der Waals surface area contributed by atoms with Crippen molar-refractivity contribution in [3.05, 3.63) is 36.3 Å². The van der Waals surface area contributed by atoms with Gasteiger partial charge in [0.15, 0.2) is 0 Å². The van der Waals surface area contributed by atoms with E-state index in [9.17, 15) is 4.39 Å². The average molecular weight is 141 g/mol. The van der Waals surface area contributed by atoms with E-state index in [1.165, 1.54) is 0 Å². The predicted octanol–water partition coefficient (Wildman–Crippen LogP) is 2.15. The molecule has 0 rings (SSSR count). The van der Waals surface area contributed by atoms with Crippen LogP contribution >= 0.6 is 0 Å². The van der Waals surface area contributed by atoms with Gasteiger partial charge in [0.25, 0.3) is 0 Å². The molecule has 0 fully saturated rings. The Balaban J connectivity index is 4.59. The van der Waals surface area contributed by atoms with Crippen molar-refractivity contribution in [1.29, 1.82) is 0 Å². The molecular weight excluding hydrogens is 129 g/mol. The first kappa shape index (κ1) is 8.95. The second-order valence-electron chi connectivity index (χ2n) is 1.90. The second-order valence-corrected chi connectivity index (χ2v) is 1.90. The van der Waals surface area contributed by atoms with Gasteiger partial charge in [-0.25, -0.2) is 4.39 Å². The van der Waals surface area contributed by atoms with Gasteiger partial charge in [-0.05, 0) is 13.0 Å². The second kappa shape index (κ2) is 3.88. The Morgan fingerprint density at radius 1 is 1.60 bits per heavy atom. The van der Waals surface area contributed by atoms with Crippen LogP contribution in [0.4, 0.5) is 4.39 Å². The molecular formula is C8H12FN. The maximum atomic E-state index is 12.4. The highest BCUT2D eigenvalue weighted by Crippen LogP contribution is 2.11. The summed E-state index contributed by atoms with van der Waals surface area (Å²) in [6, 6.07) is 0. The van der Waals surface area contributed by atoms with Crippen LogP contribution in [0.15, 0.2) is 36.3 Å². The van der Waals surface area contributed by atoms with Gasteiger partial charge in [-0.1, -0.05) is 13.2 Å². The highest BCUT2D eigenvalue weighted by atomic mass is 19.1. The van der Waals surface area contributed by atoms with E-state index in [4.69, 9.17) is 0 Å². The Hall–Kier alpha value is -1.05. The fraction of sp³-hybridized carbons (Fsp3) is 0.250. The van der Waals surface area contributed by atoms with E-state index in [0.29, 0.717) is 11.3 Å². The number of hydrogen-bond acceptors (Lipinski definition) is 1. The summed E-state index contributed by atoms with van der Waals surface area (Å²) in [5.74, 6) is -0.427. The van der Waals surface area contributed by atoms with Gasteiger partial charge in [-0.15, -0.1) is 0 Å². The van der Waals surface area contributed by atoms with E-state index in [1.807, 2.05) is 0 Å². The fourth-order valence-electron chi connectivity index (χ4n) is 0.589. The van der Waals surface area contributed by atoms with Gasteiger partial charge < -0.3 is 5.32 Å². The van der Waals surface area contributed by atoms with E-state index in [1.54, 1.807) is 20.0 Å². The maximum Gasteiger partial charge on any atom is 0.121 e. The zero-order valence-electron chi connectivity index (χ0n) is 6.37. The largest absolute Gasteiger partial charge is 0.388 e. The van der Waals surface area contributed by atoms with E-state index < -0.39 is 5.83 Å². The average Bonchev–Trinajstić information content (AvgIpc) is 1.90. The number of nitrogens with one attached hydrogen (secondary N) is 1. The lowest BCUT2D eigenvalue weighted by Gasteiger charge is -2.03. The lowest BCUT2D eigenvalue weighted by atomic mass is 10.2. The summed E-state index contributed by atoms with van der Waals surface area (Å²) in [6.07, 6.45) is 1.56. The number of rotatable bonds is 3. The Labute approximate surface area is 60.9 Å². The first-order valence-corrected chi connectivity index (χ1v) is 2.99. The molecule has 0 unspecified atom stereocenters. The first-order valence-electron chi connectivity index (χ1n) is 2.99. The van der Waals surface area contributed by atoms with Crippen LogP contribution in [0, 0.1) is 0 Å². The molecule has 0 saturated carbocycles. The van der Waals surface area contributed by atoms with Gasteiger partial charge in [0.2, 0.25) is 0 Å². The minimum Gasteiger partial charge on any atom is -0.388 e. The minimum absolute atomic E-state index is 0.427. The molecule has 0 aromatic rings. The van der Waals surface area contributed by atoms with Crippen molar-refractivity contribution in [3.63, 3.8) is 0 Å². The molecule has 10 heavy (non-hydrogen) atoms. The van der Waals surface area contributed by atoms with Crippen LogP contribution < -0.4 is 5.32 Å². The highest BCUT2D eigenvalue weighted by molar-refractivity contribution is 5.31. The normalized spacial score (nSPS) is 11.9. The van der Waals surface area contributed by atoms with Crippen molar-refractivity contribution >= 4 is 0 Å². The van der Waals surface area contributed by atoms with Crippen molar-refractivity contribution in [2.45, 2.75) is 6.92 Å². The summed E-state index contributed by atoms with van der Waals surface area (Å²) in [4.78, 5) is 0. The van der Waals surface area contributed by atoms with Crippen LogP contribution in [0.5, 0.6) is 0 Å². The summed E-state index contributed by atoms with van der Waals surface area (Å²) in [5.41, 5.74) is 1.17. The molecule has 0 atom stereocenters. The van der Waals surface area contributed by atoms with E-state index in [2.05, 4.69) is 18.5 Å². The summed E-state index contributed by atoms with van der Waals surface area (Å²) in [7, 11) is 1.71. The molecule has 0 heterocycles. The Bertz CT molecular complexity index is 180. The van der Waals surface area contributed by atoms with Crippen molar-refractivity contribution in [2.24, 2.45) is 0 Å². The molecule has 0 bridgehead atoms. The molecule has 0 radical (unpaired) electrons. The third-order valence-corrected chi connectivity index (χ3v) is 1.28. The molecule has 0 aromatic carbocycles. The zero-order chi connectivity index (χ0) is 8.15. The van der Waals surface area contributed by atoms with Crippen LogP contribution in [0.1, 0.15) is 6.92 Å². The minimum atomic E-state index is -0.427. The lowest BCUT2D eigenvalue weighted by molar-refractivity contribution is 0.651. The van der Waals surface area contributed by atoms with Gasteiger partial charge in [-0.3, -0.25) is 0 Å². The van der Waals surface area contributed by atoms with Gasteiger partial charge in [0.1, 0.15) is 5.83 Å². The molecule has 2 heteroatoms. The molecule has 0 aliphatic carbocycles. The van der Waals surface area contributed by atoms with Gasteiger partial charge in [0.05, 0.1) is 0 Å². The third kappa shape index (κ3) is 2.05. The molecule has 1 N–H and O–H groups in total. The first-order chi connectivity index (χ1) is 4.63. The SMILES string of the molecule is C=C/C(NC)=C(/C)C(=C)F. The Kier molecular flexibility index (Phi) is 3.47. The molecule has 0 spiro atoms. The van der Waals surface area contributed by atoms with E-state index in [-0.39, 0.29) is 0 Å². The molecule has 1 nitrogen and oxygen atoms in total. The summed E-state index contributed by atoms with van der Waals surface area (Å²) < 4.78 is 12.4. The van der Waals surface area contributed by atoms with Crippen LogP contribution in [-0.2, 0) is 0 Å². The zero-order valence-corrected chi connectivity index (χ0v) is 6.37. The van der Waals surface area contributed by atoms with Crippen molar-refractivity contribution in [3.8, 4) is 0 Å². The number of hydrogen-bond donors (Lipinski definition) is 1. The smallest absolute Gasteiger partial charge is 0.121 e. The van der Waals surface area contributed by atoms with Gasteiger partial charge in [-0.2, -0.15) is 0 Å². The van der Waals surface area contributed by atoms with Gasteiger partial charge >= 0.3 is 0 Å². The summed E-state index contributed by atoms with van der Waals surface area (Å²) >= 11 is 0. The van der Waals surface area contributed by atoms with E-state index in [0.717, 1.165) is 0 Å². The van der Waals surface area contributed by atoms with E-state index >= 15 is 0 Å².